The molecule has 2 aliphatic heterocycles. The Hall–Kier alpha value is -6.31. The lowest BCUT2D eigenvalue weighted by molar-refractivity contribution is -0.116. The highest BCUT2D eigenvalue weighted by atomic mass is 28.3. The van der Waals surface area contributed by atoms with Gasteiger partial charge in [0.2, 0.25) is 5.91 Å². The highest BCUT2D eigenvalue weighted by Crippen LogP contribution is 2.49. The molecule has 0 spiro atoms. The molecule has 3 aliphatic rings. The van der Waals surface area contributed by atoms with E-state index in [9.17, 15) is 20.4 Å². The Bertz CT molecular complexity index is 2730. The molecule has 1 aliphatic carbocycles. The van der Waals surface area contributed by atoms with Gasteiger partial charge < -0.3 is 24.8 Å². The lowest BCUT2D eigenvalue weighted by atomic mass is 9.70. The molecule has 1 atom stereocenters. The van der Waals surface area contributed by atoms with Crippen LogP contribution in [0.5, 0.6) is 5.75 Å². The summed E-state index contributed by atoms with van der Waals surface area (Å²) in [6, 6.07) is 29.1. The van der Waals surface area contributed by atoms with Gasteiger partial charge in [-0.1, -0.05) is 115 Å². The Morgan fingerprint density at radius 3 is 2.29 bits per heavy atom. The van der Waals surface area contributed by atoms with Gasteiger partial charge in [0.15, 0.2) is 5.76 Å². The number of carbonyl (C=O) groups is 1. The summed E-state index contributed by atoms with van der Waals surface area (Å²) in [7, 11) is -1.47. The number of nitrogens with zero attached hydrogens (tertiary/aromatic N) is 3. The van der Waals surface area contributed by atoms with Crippen LogP contribution in [0.4, 0.5) is 11.4 Å². The maximum Gasteiger partial charge on any atom is 0.224 e. The third-order valence-electron chi connectivity index (χ3n) is 13.4. The van der Waals surface area contributed by atoms with Crippen LogP contribution in [0.15, 0.2) is 142 Å². The van der Waals surface area contributed by atoms with E-state index in [4.69, 9.17) is 9.47 Å². The van der Waals surface area contributed by atoms with Crippen molar-refractivity contribution in [1.82, 2.24) is 0 Å². The zero-order valence-electron chi connectivity index (χ0n) is 42.9. The lowest BCUT2D eigenvalue weighted by Gasteiger charge is -2.36. The number of hydrogen-bond donors (Lipinski definition) is 2. The SMILES string of the molecule is C/C(C#N)=C1/OC(C)(C)C(/C=C/C2=C(Oc3ccc(CCCO)cc3)C(=C/C=C3/N(CCCCCC(=O)Nc4ccc(C#C[Si](C)(C)C)cc4)c4ccccc4C3(C)C)/CC(C(C)(C)C)C2)=C1C#N. The van der Waals surface area contributed by atoms with Gasteiger partial charge in [0, 0.05) is 53.2 Å². The second-order valence-electron chi connectivity index (χ2n) is 21.8. The molecule has 1 unspecified atom stereocenters. The average Bonchev–Trinajstić information content (AvgIpc) is 3.69. The molecule has 6 rings (SSSR count). The number of aliphatic hydroxyl groups is 1. The fourth-order valence-electron chi connectivity index (χ4n) is 9.24. The van der Waals surface area contributed by atoms with Gasteiger partial charge in [0.05, 0.1) is 11.6 Å². The van der Waals surface area contributed by atoms with Crippen molar-refractivity contribution in [2.45, 2.75) is 137 Å². The Labute approximate surface area is 413 Å². The third-order valence-corrected chi connectivity index (χ3v) is 14.2. The summed E-state index contributed by atoms with van der Waals surface area (Å²) in [5.41, 5.74) is 12.4. The molecule has 0 saturated heterocycles. The maximum atomic E-state index is 13.0. The maximum absolute atomic E-state index is 13.0. The molecule has 0 fully saturated rings. The van der Waals surface area contributed by atoms with Crippen LogP contribution in [0.25, 0.3) is 0 Å². The van der Waals surface area contributed by atoms with Crippen LogP contribution in [-0.2, 0) is 21.4 Å². The summed E-state index contributed by atoms with van der Waals surface area (Å²) in [5.74, 6) is 5.41. The van der Waals surface area contributed by atoms with Crippen molar-refractivity contribution in [3.8, 4) is 29.4 Å². The molecule has 0 bridgehead atoms. The number of aliphatic hydroxyl groups excluding tert-OH is 1. The molecule has 9 heteroatoms. The van der Waals surface area contributed by atoms with E-state index in [1.807, 2.05) is 56.3 Å². The van der Waals surface area contributed by atoms with Crippen LogP contribution in [-0.4, -0.2) is 37.8 Å². The van der Waals surface area contributed by atoms with E-state index in [-0.39, 0.29) is 29.3 Å². The number of fused-ring (bicyclic) bond motifs is 1. The number of hydrogen-bond acceptors (Lipinski definition) is 7. The van der Waals surface area contributed by atoms with Crippen molar-refractivity contribution in [3.05, 3.63) is 159 Å². The third kappa shape index (κ3) is 13.1. The van der Waals surface area contributed by atoms with Crippen molar-refractivity contribution < 1.29 is 19.4 Å². The highest BCUT2D eigenvalue weighted by molar-refractivity contribution is 6.83. The molecule has 2 heterocycles. The quantitative estimate of drug-likeness (QED) is 0.0674. The van der Waals surface area contributed by atoms with E-state index in [1.54, 1.807) is 6.92 Å². The Balaban J connectivity index is 1.32. The first-order chi connectivity index (χ1) is 32.6. The molecule has 0 radical (unpaired) electrons. The van der Waals surface area contributed by atoms with Gasteiger partial charge in [-0.15, -0.1) is 5.54 Å². The van der Waals surface area contributed by atoms with Crippen molar-refractivity contribution in [2.75, 3.05) is 23.4 Å². The number of ether oxygens (including phenoxy) is 2. The zero-order valence-corrected chi connectivity index (χ0v) is 43.9. The summed E-state index contributed by atoms with van der Waals surface area (Å²) in [6.07, 6.45) is 14.8. The van der Waals surface area contributed by atoms with E-state index in [0.29, 0.717) is 29.7 Å². The number of aryl methyl sites for hydroxylation is 1. The number of benzene rings is 3. The molecule has 8 nitrogen and oxygen atoms in total. The van der Waals surface area contributed by atoms with Crippen LogP contribution in [0.1, 0.15) is 117 Å². The van der Waals surface area contributed by atoms with Gasteiger partial charge in [-0.2, -0.15) is 10.5 Å². The summed E-state index contributed by atoms with van der Waals surface area (Å²) < 4.78 is 13.3. The fourth-order valence-corrected chi connectivity index (χ4v) is 9.76. The Morgan fingerprint density at radius 1 is 0.928 bits per heavy atom. The Kier molecular flexibility index (Phi) is 16.6. The highest BCUT2D eigenvalue weighted by Gasteiger charge is 2.41. The van der Waals surface area contributed by atoms with Crippen LogP contribution in [0.3, 0.4) is 0 Å². The fraction of sp³-hybridized carbons (Fsp3) is 0.417. The van der Waals surface area contributed by atoms with Gasteiger partial charge >= 0.3 is 0 Å². The van der Waals surface area contributed by atoms with Gasteiger partial charge in [-0.05, 0) is 141 Å². The van der Waals surface area contributed by atoms with Crippen molar-refractivity contribution >= 4 is 25.4 Å². The summed E-state index contributed by atoms with van der Waals surface area (Å²) in [6.45, 7) is 24.7. The summed E-state index contributed by atoms with van der Waals surface area (Å²) in [5, 5.41) is 32.6. The monoisotopic (exact) mass is 941 g/mol. The standard InChI is InChI=1S/C60H72N4O4Si/c1-42(40-61)56-50(41-62)51(60(7,8)68-56)32-26-45-38-47(58(2,3)4)39-46(57(45)67-49-30-24-43(25-31-49)18-17-36-65)27-33-54-59(5,6)52-19-14-15-20-53(52)64(54)35-16-12-13-21-55(66)63-48-28-22-44(23-29-48)34-37-69(9,10)11/h14-15,19-20,22-33,47,65H,12-13,16-18,21,35-36,38-39H2,1-11H3,(H,63,66)/b32-26+,46-27+,54-33+,56-42-. The number of nitrogens with one attached hydrogen (secondary N) is 1. The summed E-state index contributed by atoms with van der Waals surface area (Å²) in [4.78, 5) is 15.5. The lowest BCUT2D eigenvalue weighted by Crippen LogP contribution is -2.28. The first-order valence-corrected chi connectivity index (χ1v) is 28.1. The number of nitriles is 2. The molecule has 0 saturated carbocycles. The second-order valence-corrected chi connectivity index (χ2v) is 26.5. The second kappa shape index (κ2) is 22.0. The minimum absolute atomic E-state index is 0.0213. The molecule has 3 aromatic rings. The predicted octanol–water partition coefficient (Wildman–Crippen LogP) is 13.7. The largest absolute Gasteiger partial charge is 0.481 e. The number of rotatable bonds is 15. The average molecular weight is 941 g/mol. The number of unbranched alkanes of at least 4 members (excludes halogenated alkanes) is 2. The first kappa shape index (κ1) is 52.1. The number of anilines is 2. The van der Waals surface area contributed by atoms with E-state index in [0.717, 1.165) is 90.1 Å². The van der Waals surface area contributed by atoms with Crippen molar-refractivity contribution in [3.63, 3.8) is 0 Å². The molecular weight excluding hydrogens is 869 g/mol. The molecule has 3 aromatic carbocycles. The molecule has 360 valence electrons. The molecule has 1 amide bonds. The Morgan fingerprint density at radius 2 is 1.64 bits per heavy atom. The topological polar surface area (TPSA) is 119 Å². The van der Waals surface area contributed by atoms with E-state index >= 15 is 0 Å². The molecule has 2 N–H and O–H groups in total. The zero-order chi connectivity index (χ0) is 50.1. The van der Waals surface area contributed by atoms with E-state index in [2.05, 4.69) is 143 Å². The van der Waals surface area contributed by atoms with Crippen LogP contribution in [0.2, 0.25) is 19.6 Å². The molecule has 0 aromatic heterocycles. The van der Waals surface area contributed by atoms with Crippen molar-refractivity contribution in [2.24, 2.45) is 11.3 Å². The van der Waals surface area contributed by atoms with E-state index in [1.165, 1.54) is 16.9 Å². The first-order valence-electron chi connectivity index (χ1n) is 24.6. The van der Waals surface area contributed by atoms with Gasteiger partial charge in [0.25, 0.3) is 0 Å². The minimum atomic E-state index is -1.47. The van der Waals surface area contributed by atoms with E-state index < -0.39 is 13.7 Å². The summed E-state index contributed by atoms with van der Waals surface area (Å²) >= 11 is 0. The number of carbonyl (C=O) groups excluding carboxylic acids is 1. The molecular formula is C60H72N4O4Si. The number of allylic oxidation sites excluding steroid dienone is 8. The van der Waals surface area contributed by atoms with Gasteiger partial charge in [-0.3, -0.25) is 4.79 Å². The number of para-hydroxylation sites is 1. The molecule has 69 heavy (non-hydrogen) atoms. The van der Waals surface area contributed by atoms with Crippen molar-refractivity contribution in [1.29, 1.82) is 10.5 Å². The van der Waals surface area contributed by atoms with Crippen LogP contribution in [0, 0.1) is 45.5 Å². The predicted molar refractivity (Wildman–Crippen MR) is 284 cm³/mol. The minimum Gasteiger partial charge on any atom is -0.481 e. The number of amides is 1. The smallest absolute Gasteiger partial charge is 0.224 e. The van der Waals surface area contributed by atoms with Gasteiger partial charge in [0.1, 0.15) is 36.8 Å². The van der Waals surface area contributed by atoms with Gasteiger partial charge in [-0.25, -0.2) is 0 Å². The van der Waals surface area contributed by atoms with Crippen LogP contribution < -0.4 is 15.0 Å². The van der Waals surface area contributed by atoms with Crippen LogP contribution >= 0.6 is 0 Å². The normalized spacial score (nSPS) is 19.5.